The molecule has 1 atom stereocenters. The Kier molecular flexibility index (Phi) is 4.87. The Balaban J connectivity index is 1.71. The van der Waals surface area contributed by atoms with Crippen molar-refractivity contribution in [1.29, 1.82) is 0 Å². The number of nitrogens with zero attached hydrogens (tertiary/aromatic N) is 1. The molecular formula is C20H20F2N2O3. The lowest BCUT2D eigenvalue weighted by Gasteiger charge is -2.14. The summed E-state index contributed by atoms with van der Waals surface area (Å²) in [6, 6.07) is 8.24. The summed E-state index contributed by atoms with van der Waals surface area (Å²) < 4.78 is 37.3. The van der Waals surface area contributed by atoms with E-state index in [-0.39, 0.29) is 11.2 Å². The van der Waals surface area contributed by atoms with Crippen molar-refractivity contribution >= 4 is 22.7 Å². The summed E-state index contributed by atoms with van der Waals surface area (Å²) in [5, 5.41) is 2.71. The van der Waals surface area contributed by atoms with E-state index < -0.39 is 23.6 Å². The second kappa shape index (κ2) is 6.98. The molecule has 0 aliphatic heterocycles. The average molecular weight is 374 g/mol. The van der Waals surface area contributed by atoms with E-state index in [9.17, 15) is 13.6 Å². The Bertz CT molecular complexity index is 993. The van der Waals surface area contributed by atoms with Gasteiger partial charge in [-0.1, -0.05) is 20.8 Å². The molecule has 3 rings (SSSR count). The molecular weight excluding hydrogens is 354 g/mol. The first kappa shape index (κ1) is 18.8. The van der Waals surface area contributed by atoms with Gasteiger partial charge >= 0.3 is 0 Å². The summed E-state index contributed by atoms with van der Waals surface area (Å²) in [7, 11) is 0. The second-order valence-electron chi connectivity index (χ2n) is 7.28. The topological polar surface area (TPSA) is 64.4 Å². The summed E-state index contributed by atoms with van der Waals surface area (Å²) in [6.07, 6.45) is -0.909. The monoisotopic (exact) mass is 374 g/mol. The van der Waals surface area contributed by atoms with Crippen molar-refractivity contribution in [2.75, 3.05) is 5.32 Å². The third kappa shape index (κ3) is 4.24. The molecule has 27 heavy (non-hydrogen) atoms. The maximum Gasteiger partial charge on any atom is 0.265 e. The molecule has 7 heteroatoms. The molecule has 5 nitrogen and oxygen atoms in total. The van der Waals surface area contributed by atoms with Gasteiger partial charge in [0.25, 0.3) is 5.91 Å². The number of carbonyl (C=O) groups excluding carboxylic acids is 1. The number of aromatic nitrogens is 1. The van der Waals surface area contributed by atoms with E-state index in [1.54, 1.807) is 18.2 Å². The molecule has 3 aromatic rings. The van der Waals surface area contributed by atoms with Crippen LogP contribution in [-0.4, -0.2) is 17.0 Å². The van der Waals surface area contributed by atoms with Crippen molar-refractivity contribution in [3.05, 3.63) is 53.9 Å². The van der Waals surface area contributed by atoms with Crippen LogP contribution in [0.15, 0.2) is 40.8 Å². The average Bonchev–Trinajstić information content (AvgIpc) is 3.02. The Morgan fingerprint density at radius 2 is 1.89 bits per heavy atom. The van der Waals surface area contributed by atoms with Crippen LogP contribution >= 0.6 is 0 Å². The smallest absolute Gasteiger partial charge is 0.265 e. The number of fused-ring (bicyclic) bond motifs is 1. The molecule has 0 aliphatic carbocycles. The SMILES string of the molecule is CC(Oc1ccc(F)c(F)c1)C(=O)Nc1ccc2oc(C(C)(C)C)nc2c1. The maximum absolute atomic E-state index is 13.2. The fourth-order valence-corrected chi connectivity index (χ4v) is 2.38. The van der Waals surface area contributed by atoms with Crippen LogP contribution in [0.5, 0.6) is 5.75 Å². The van der Waals surface area contributed by atoms with E-state index in [2.05, 4.69) is 10.3 Å². The van der Waals surface area contributed by atoms with Gasteiger partial charge in [-0.05, 0) is 37.3 Å². The van der Waals surface area contributed by atoms with Crippen LogP contribution in [0, 0.1) is 11.6 Å². The van der Waals surface area contributed by atoms with Crippen molar-refractivity contribution in [3.8, 4) is 5.75 Å². The van der Waals surface area contributed by atoms with E-state index in [4.69, 9.17) is 9.15 Å². The zero-order valence-electron chi connectivity index (χ0n) is 15.5. The molecule has 1 aromatic heterocycles. The van der Waals surface area contributed by atoms with Gasteiger partial charge in [0.1, 0.15) is 11.3 Å². The lowest BCUT2D eigenvalue weighted by atomic mass is 9.97. The van der Waals surface area contributed by atoms with Crippen LogP contribution in [0.1, 0.15) is 33.6 Å². The number of anilines is 1. The van der Waals surface area contributed by atoms with Gasteiger partial charge in [0, 0.05) is 17.2 Å². The highest BCUT2D eigenvalue weighted by atomic mass is 19.2. The molecule has 0 saturated heterocycles. The summed E-state index contributed by atoms with van der Waals surface area (Å²) in [5.41, 5.74) is 1.56. The number of nitrogens with one attached hydrogen (secondary N) is 1. The summed E-state index contributed by atoms with van der Waals surface area (Å²) in [4.78, 5) is 16.8. The Hall–Kier alpha value is -2.96. The van der Waals surface area contributed by atoms with Crippen molar-refractivity contribution in [2.45, 2.75) is 39.2 Å². The third-order valence-electron chi connectivity index (χ3n) is 3.87. The molecule has 0 fully saturated rings. The quantitative estimate of drug-likeness (QED) is 0.712. The number of hydrogen-bond acceptors (Lipinski definition) is 4. The maximum atomic E-state index is 13.2. The van der Waals surface area contributed by atoms with E-state index in [0.29, 0.717) is 22.7 Å². The lowest BCUT2D eigenvalue weighted by Crippen LogP contribution is -2.30. The number of halogens is 2. The number of carbonyl (C=O) groups is 1. The fraction of sp³-hybridized carbons (Fsp3) is 0.300. The largest absolute Gasteiger partial charge is 0.481 e. The number of rotatable bonds is 4. The second-order valence-corrected chi connectivity index (χ2v) is 7.28. The fourth-order valence-electron chi connectivity index (χ4n) is 2.38. The highest BCUT2D eigenvalue weighted by Crippen LogP contribution is 2.27. The van der Waals surface area contributed by atoms with Crippen LogP contribution in [-0.2, 0) is 10.2 Å². The predicted molar refractivity (Wildman–Crippen MR) is 97.8 cm³/mol. The van der Waals surface area contributed by atoms with Crippen LogP contribution in [0.3, 0.4) is 0 Å². The van der Waals surface area contributed by atoms with Gasteiger partial charge in [-0.15, -0.1) is 0 Å². The molecule has 0 radical (unpaired) electrons. The van der Waals surface area contributed by atoms with Gasteiger partial charge in [0.2, 0.25) is 5.89 Å². The summed E-state index contributed by atoms with van der Waals surface area (Å²) in [5.74, 6) is -1.77. The van der Waals surface area contributed by atoms with E-state index >= 15 is 0 Å². The van der Waals surface area contributed by atoms with Crippen molar-refractivity contribution < 1.29 is 22.7 Å². The van der Waals surface area contributed by atoms with Gasteiger partial charge in [-0.2, -0.15) is 0 Å². The van der Waals surface area contributed by atoms with Gasteiger partial charge in [0.05, 0.1) is 0 Å². The van der Waals surface area contributed by atoms with E-state index in [1.165, 1.54) is 13.0 Å². The number of amides is 1. The minimum absolute atomic E-state index is 0.0679. The van der Waals surface area contributed by atoms with Crippen LogP contribution in [0.25, 0.3) is 11.1 Å². The molecule has 1 unspecified atom stereocenters. The first-order chi connectivity index (χ1) is 12.6. The van der Waals surface area contributed by atoms with Crippen molar-refractivity contribution in [2.24, 2.45) is 0 Å². The van der Waals surface area contributed by atoms with Crippen LogP contribution < -0.4 is 10.1 Å². The molecule has 0 spiro atoms. The van der Waals surface area contributed by atoms with E-state index in [0.717, 1.165) is 12.1 Å². The standard InChI is InChI=1S/C20H20F2N2O3/c1-11(26-13-6-7-14(21)15(22)10-13)18(25)23-12-5-8-17-16(9-12)24-19(27-17)20(2,3)4/h5-11H,1-4H3,(H,23,25). The minimum Gasteiger partial charge on any atom is -0.481 e. The molecule has 1 heterocycles. The Labute approximate surface area is 155 Å². The number of oxazole rings is 1. The summed E-state index contributed by atoms with van der Waals surface area (Å²) >= 11 is 0. The molecule has 0 saturated carbocycles. The van der Waals surface area contributed by atoms with Crippen LogP contribution in [0.4, 0.5) is 14.5 Å². The number of hydrogen-bond donors (Lipinski definition) is 1. The van der Waals surface area contributed by atoms with E-state index in [1.807, 2.05) is 20.8 Å². The molecule has 1 N–H and O–H groups in total. The molecule has 0 aliphatic rings. The number of ether oxygens (including phenoxy) is 1. The predicted octanol–water partition coefficient (Wildman–Crippen LogP) is 4.81. The first-order valence-corrected chi connectivity index (χ1v) is 8.47. The van der Waals surface area contributed by atoms with Crippen molar-refractivity contribution in [1.82, 2.24) is 4.98 Å². The van der Waals surface area contributed by atoms with Gasteiger partial charge in [-0.3, -0.25) is 4.79 Å². The zero-order valence-corrected chi connectivity index (χ0v) is 15.5. The molecule has 142 valence electrons. The normalized spacial score (nSPS) is 12.8. The highest BCUT2D eigenvalue weighted by Gasteiger charge is 2.21. The molecule has 0 bridgehead atoms. The highest BCUT2D eigenvalue weighted by molar-refractivity contribution is 5.95. The third-order valence-corrected chi connectivity index (χ3v) is 3.87. The lowest BCUT2D eigenvalue weighted by molar-refractivity contribution is -0.122. The summed E-state index contributed by atoms with van der Waals surface area (Å²) in [6.45, 7) is 7.51. The Morgan fingerprint density at radius 1 is 1.15 bits per heavy atom. The van der Waals surface area contributed by atoms with Gasteiger partial charge in [-0.25, -0.2) is 13.8 Å². The molecule has 1 amide bonds. The van der Waals surface area contributed by atoms with Gasteiger partial charge in [0.15, 0.2) is 23.3 Å². The Morgan fingerprint density at radius 3 is 2.56 bits per heavy atom. The van der Waals surface area contributed by atoms with Crippen LogP contribution in [0.2, 0.25) is 0 Å². The zero-order chi connectivity index (χ0) is 19.8. The minimum atomic E-state index is -1.04. The van der Waals surface area contributed by atoms with Gasteiger partial charge < -0.3 is 14.5 Å². The van der Waals surface area contributed by atoms with Crippen molar-refractivity contribution in [3.63, 3.8) is 0 Å². The first-order valence-electron chi connectivity index (χ1n) is 8.47. The number of benzene rings is 2. The molecule has 2 aromatic carbocycles.